The fourth-order valence-corrected chi connectivity index (χ4v) is 1.92. The highest BCUT2D eigenvalue weighted by Crippen LogP contribution is 2.30. The molecule has 0 aromatic heterocycles. The molecule has 0 heterocycles. The second-order valence-corrected chi connectivity index (χ2v) is 4.84. The average molecular weight is 266 g/mol. The highest BCUT2D eigenvalue weighted by atomic mass is 16.6. The number of aromatic hydroxyl groups is 1. The first kappa shape index (κ1) is 14.1. The van der Waals surface area contributed by atoms with Crippen LogP contribution in [-0.2, 0) is 4.84 Å². The lowest BCUT2D eigenvalue weighted by molar-refractivity contribution is 0.0804. The minimum absolute atomic E-state index is 0.166. The fourth-order valence-electron chi connectivity index (χ4n) is 1.92. The molecular formula is C14H22N2O3. The van der Waals surface area contributed by atoms with Gasteiger partial charge in [0.25, 0.3) is 0 Å². The molecule has 1 atom stereocenters. The maximum absolute atomic E-state index is 9.77. The van der Waals surface area contributed by atoms with Crippen molar-refractivity contribution in [1.82, 2.24) is 10.8 Å². The Morgan fingerprint density at radius 3 is 2.89 bits per heavy atom. The van der Waals surface area contributed by atoms with Gasteiger partial charge in [-0.3, -0.25) is 0 Å². The lowest BCUT2D eigenvalue weighted by atomic mass is 10.1. The third-order valence-corrected chi connectivity index (χ3v) is 3.15. The van der Waals surface area contributed by atoms with Crippen LogP contribution in [0.1, 0.15) is 31.4 Å². The number of rotatable bonds is 8. The van der Waals surface area contributed by atoms with Crippen LogP contribution in [0, 0.1) is 0 Å². The zero-order valence-corrected chi connectivity index (χ0v) is 11.5. The molecule has 1 aliphatic carbocycles. The average Bonchev–Trinajstić information content (AvgIpc) is 3.20. The van der Waals surface area contributed by atoms with Gasteiger partial charge in [0.15, 0.2) is 11.5 Å². The predicted octanol–water partition coefficient (Wildman–Crippen LogP) is 1.73. The van der Waals surface area contributed by atoms with Crippen molar-refractivity contribution in [2.75, 3.05) is 20.3 Å². The Balaban J connectivity index is 1.93. The van der Waals surface area contributed by atoms with Gasteiger partial charge < -0.3 is 20.0 Å². The van der Waals surface area contributed by atoms with Crippen molar-refractivity contribution in [3.8, 4) is 11.5 Å². The molecule has 0 saturated heterocycles. The van der Waals surface area contributed by atoms with Crippen molar-refractivity contribution in [3.05, 3.63) is 23.8 Å². The van der Waals surface area contributed by atoms with Gasteiger partial charge in [-0.15, -0.1) is 0 Å². The largest absolute Gasteiger partial charge is 0.504 e. The number of hydroxylamine groups is 1. The fraction of sp³-hybridized carbons (Fsp3) is 0.571. The van der Waals surface area contributed by atoms with E-state index in [0.29, 0.717) is 24.9 Å². The van der Waals surface area contributed by atoms with Crippen LogP contribution in [0.25, 0.3) is 0 Å². The van der Waals surface area contributed by atoms with Crippen LogP contribution in [0.3, 0.4) is 0 Å². The molecule has 5 heteroatoms. The molecule has 1 unspecified atom stereocenters. The summed E-state index contributed by atoms with van der Waals surface area (Å²) in [6.07, 6.45) is 2.52. The molecule has 0 bridgehead atoms. The maximum atomic E-state index is 9.77. The number of hydrogen-bond acceptors (Lipinski definition) is 5. The summed E-state index contributed by atoms with van der Waals surface area (Å²) in [6.45, 7) is 3.13. The van der Waals surface area contributed by atoms with Crippen LogP contribution in [0.4, 0.5) is 0 Å². The SMILES string of the molecule is CONCCOc1cc(C(C)NC2CC2)ccc1O. The smallest absolute Gasteiger partial charge is 0.161 e. The zero-order chi connectivity index (χ0) is 13.7. The third-order valence-electron chi connectivity index (χ3n) is 3.15. The molecule has 0 aliphatic heterocycles. The Hall–Kier alpha value is -1.30. The molecule has 1 fully saturated rings. The van der Waals surface area contributed by atoms with Crippen molar-refractivity contribution in [2.24, 2.45) is 0 Å². The number of phenols is 1. The summed E-state index contributed by atoms with van der Waals surface area (Å²) in [5, 5.41) is 13.3. The van der Waals surface area contributed by atoms with Crippen LogP contribution in [-0.4, -0.2) is 31.4 Å². The molecule has 106 valence electrons. The number of benzene rings is 1. The second-order valence-electron chi connectivity index (χ2n) is 4.84. The van der Waals surface area contributed by atoms with Crippen LogP contribution >= 0.6 is 0 Å². The van der Waals surface area contributed by atoms with E-state index < -0.39 is 0 Å². The second kappa shape index (κ2) is 6.75. The van der Waals surface area contributed by atoms with E-state index in [4.69, 9.17) is 9.57 Å². The van der Waals surface area contributed by atoms with E-state index in [1.165, 1.54) is 12.8 Å². The molecule has 2 rings (SSSR count). The maximum Gasteiger partial charge on any atom is 0.161 e. The first-order chi connectivity index (χ1) is 9.20. The van der Waals surface area contributed by atoms with Gasteiger partial charge in [0.05, 0.1) is 13.7 Å². The topological polar surface area (TPSA) is 62.8 Å². The molecule has 0 radical (unpaired) electrons. The first-order valence-electron chi connectivity index (χ1n) is 6.68. The summed E-state index contributed by atoms with van der Waals surface area (Å²) in [4.78, 5) is 4.72. The van der Waals surface area contributed by atoms with Crippen LogP contribution < -0.4 is 15.5 Å². The summed E-state index contributed by atoms with van der Waals surface area (Å²) in [6, 6.07) is 6.42. The Morgan fingerprint density at radius 1 is 1.42 bits per heavy atom. The Kier molecular flexibility index (Phi) is 5.01. The lowest BCUT2D eigenvalue weighted by Crippen LogP contribution is -2.21. The number of hydrogen-bond donors (Lipinski definition) is 3. The van der Waals surface area contributed by atoms with Crippen LogP contribution in [0.5, 0.6) is 11.5 Å². The summed E-state index contributed by atoms with van der Waals surface area (Å²) < 4.78 is 5.53. The van der Waals surface area contributed by atoms with Crippen molar-refractivity contribution >= 4 is 0 Å². The highest BCUT2D eigenvalue weighted by molar-refractivity contribution is 5.42. The van der Waals surface area contributed by atoms with Gasteiger partial charge in [-0.05, 0) is 37.5 Å². The van der Waals surface area contributed by atoms with Gasteiger partial charge in [-0.25, -0.2) is 0 Å². The minimum Gasteiger partial charge on any atom is -0.504 e. The van der Waals surface area contributed by atoms with Crippen molar-refractivity contribution in [3.63, 3.8) is 0 Å². The first-order valence-corrected chi connectivity index (χ1v) is 6.68. The van der Waals surface area contributed by atoms with Gasteiger partial charge in [-0.2, -0.15) is 5.48 Å². The molecule has 3 N–H and O–H groups in total. The van der Waals surface area contributed by atoms with E-state index >= 15 is 0 Å². The monoisotopic (exact) mass is 266 g/mol. The van der Waals surface area contributed by atoms with E-state index in [0.717, 1.165) is 5.56 Å². The molecule has 1 aromatic rings. The van der Waals surface area contributed by atoms with Gasteiger partial charge in [0.1, 0.15) is 6.61 Å². The Bertz CT molecular complexity index is 408. The molecule has 1 aliphatic rings. The van der Waals surface area contributed by atoms with E-state index in [9.17, 15) is 5.11 Å². The van der Waals surface area contributed by atoms with E-state index in [1.54, 1.807) is 13.2 Å². The van der Waals surface area contributed by atoms with Crippen molar-refractivity contribution in [2.45, 2.75) is 31.8 Å². The molecule has 0 spiro atoms. The molecule has 1 aromatic carbocycles. The standard InChI is InChI=1S/C14H22N2O3/c1-10(16-12-4-5-12)11-3-6-13(17)14(9-11)19-8-7-15-18-2/h3,6,9-10,12,15-17H,4-5,7-8H2,1-2H3. The molecule has 1 saturated carbocycles. The number of ether oxygens (including phenoxy) is 1. The van der Waals surface area contributed by atoms with E-state index in [1.807, 2.05) is 12.1 Å². The van der Waals surface area contributed by atoms with Crippen molar-refractivity contribution in [1.29, 1.82) is 0 Å². The normalized spacial score (nSPS) is 16.3. The van der Waals surface area contributed by atoms with Crippen LogP contribution in [0.15, 0.2) is 18.2 Å². The summed E-state index contributed by atoms with van der Waals surface area (Å²) >= 11 is 0. The predicted molar refractivity (Wildman–Crippen MR) is 73.2 cm³/mol. The van der Waals surface area contributed by atoms with Crippen molar-refractivity contribution < 1.29 is 14.7 Å². The molecule has 19 heavy (non-hydrogen) atoms. The summed E-state index contributed by atoms with van der Waals surface area (Å²) in [7, 11) is 1.56. The summed E-state index contributed by atoms with van der Waals surface area (Å²) in [5.41, 5.74) is 3.82. The van der Waals surface area contributed by atoms with Gasteiger partial charge >= 0.3 is 0 Å². The zero-order valence-electron chi connectivity index (χ0n) is 11.5. The molecule has 5 nitrogen and oxygen atoms in total. The van der Waals surface area contributed by atoms with E-state index in [2.05, 4.69) is 17.7 Å². The van der Waals surface area contributed by atoms with Crippen LogP contribution in [0.2, 0.25) is 0 Å². The third kappa shape index (κ3) is 4.38. The van der Waals surface area contributed by atoms with Gasteiger partial charge in [-0.1, -0.05) is 6.07 Å². The number of phenolic OH excluding ortho intramolecular Hbond substituents is 1. The molecular weight excluding hydrogens is 244 g/mol. The summed E-state index contributed by atoms with van der Waals surface area (Å²) in [5.74, 6) is 0.680. The van der Waals surface area contributed by atoms with Gasteiger partial charge in [0, 0.05) is 12.1 Å². The molecule has 0 amide bonds. The number of nitrogens with one attached hydrogen (secondary N) is 2. The quantitative estimate of drug-likeness (QED) is 0.494. The van der Waals surface area contributed by atoms with Gasteiger partial charge in [0.2, 0.25) is 0 Å². The highest BCUT2D eigenvalue weighted by Gasteiger charge is 2.23. The van der Waals surface area contributed by atoms with E-state index in [-0.39, 0.29) is 11.8 Å². The Morgan fingerprint density at radius 2 is 2.21 bits per heavy atom. The Labute approximate surface area is 113 Å². The lowest BCUT2D eigenvalue weighted by Gasteiger charge is -2.16. The minimum atomic E-state index is 0.166.